The molecule has 2 aromatic heterocycles. The van der Waals surface area contributed by atoms with Gasteiger partial charge in [0.25, 0.3) is 5.91 Å². The van der Waals surface area contributed by atoms with Gasteiger partial charge < -0.3 is 9.64 Å². The topological polar surface area (TPSA) is 45.7 Å². The van der Waals surface area contributed by atoms with E-state index >= 15 is 0 Å². The normalized spacial score (nSPS) is 16.9. The fourth-order valence-corrected chi connectivity index (χ4v) is 6.36. The summed E-state index contributed by atoms with van der Waals surface area (Å²) in [6.07, 6.45) is 4.69. The summed E-state index contributed by atoms with van der Waals surface area (Å²) >= 11 is 3.46. The predicted molar refractivity (Wildman–Crippen MR) is 126 cm³/mol. The van der Waals surface area contributed by atoms with Crippen molar-refractivity contribution in [3.63, 3.8) is 0 Å². The number of aromatic nitrogens is 1. The molecular formula is C24H27N3O2S2. The van der Waals surface area contributed by atoms with Crippen LogP contribution in [-0.2, 0) is 19.4 Å². The lowest BCUT2D eigenvalue weighted by atomic mass is 9.95. The molecule has 1 aliphatic heterocycles. The monoisotopic (exact) mass is 453 g/mol. The van der Waals surface area contributed by atoms with Gasteiger partial charge in [0.05, 0.1) is 18.4 Å². The molecule has 0 radical (unpaired) electrons. The molecule has 5 nitrogen and oxygen atoms in total. The Morgan fingerprint density at radius 1 is 1.03 bits per heavy atom. The number of benzene rings is 1. The minimum Gasteiger partial charge on any atom is -0.497 e. The molecule has 1 aliphatic carbocycles. The van der Waals surface area contributed by atoms with E-state index in [-0.39, 0.29) is 5.91 Å². The number of fused-ring (bicyclic) bond motifs is 1. The molecule has 0 saturated carbocycles. The van der Waals surface area contributed by atoms with Crippen molar-refractivity contribution in [3.8, 4) is 16.3 Å². The first-order valence-corrected chi connectivity index (χ1v) is 12.7. The number of methoxy groups -OCH3 is 1. The standard InChI is InChI=1S/C24H27N3O2S2/c1-29-19-8-6-17(7-9-19)23-25-18(15-31-23)14-26-10-12-27(13-11-26)24(28)21-16-30-22-5-3-2-4-20(21)22/h6-9,15-16H,2-5,10-14H2,1H3. The Morgan fingerprint density at radius 3 is 2.58 bits per heavy atom. The molecule has 0 atom stereocenters. The Labute approximate surface area is 191 Å². The van der Waals surface area contributed by atoms with Crippen LogP contribution in [0.25, 0.3) is 10.6 Å². The second kappa shape index (κ2) is 9.10. The van der Waals surface area contributed by atoms with Crippen LogP contribution in [0.15, 0.2) is 35.0 Å². The zero-order valence-corrected chi connectivity index (χ0v) is 19.4. The molecule has 5 rings (SSSR count). The smallest absolute Gasteiger partial charge is 0.255 e. The van der Waals surface area contributed by atoms with E-state index in [0.29, 0.717) is 0 Å². The van der Waals surface area contributed by atoms with Crippen LogP contribution < -0.4 is 4.74 Å². The summed E-state index contributed by atoms with van der Waals surface area (Å²) in [5, 5.41) is 5.28. The van der Waals surface area contributed by atoms with Gasteiger partial charge in [0.1, 0.15) is 10.8 Å². The number of amides is 1. The van der Waals surface area contributed by atoms with Gasteiger partial charge in [-0.25, -0.2) is 4.98 Å². The number of aryl methyl sites for hydroxylation is 1. The van der Waals surface area contributed by atoms with Gasteiger partial charge in [0.2, 0.25) is 0 Å². The lowest BCUT2D eigenvalue weighted by molar-refractivity contribution is 0.0626. The van der Waals surface area contributed by atoms with E-state index in [1.807, 2.05) is 17.0 Å². The van der Waals surface area contributed by atoms with Gasteiger partial charge in [0.15, 0.2) is 0 Å². The van der Waals surface area contributed by atoms with Crippen LogP contribution in [0.4, 0.5) is 0 Å². The maximum atomic E-state index is 13.1. The molecule has 0 spiro atoms. The van der Waals surface area contributed by atoms with Crippen LogP contribution in [0.5, 0.6) is 5.75 Å². The number of thiophene rings is 1. The van der Waals surface area contributed by atoms with Crippen LogP contribution in [-0.4, -0.2) is 54.0 Å². The number of thiazole rings is 1. The van der Waals surface area contributed by atoms with Gasteiger partial charge in [-0.05, 0) is 55.5 Å². The number of carbonyl (C=O) groups excluding carboxylic acids is 1. The van der Waals surface area contributed by atoms with Gasteiger partial charge in [-0.2, -0.15) is 0 Å². The second-order valence-corrected chi connectivity index (χ2v) is 10.0. The molecule has 1 amide bonds. The van der Waals surface area contributed by atoms with Crippen molar-refractivity contribution in [1.29, 1.82) is 0 Å². The number of ether oxygens (including phenoxy) is 1. The molecule has 1 aromatic carbocycles. The van der Waals surface area contributed by atoms with Crippen LogP contribution in [0, 0.1) is 0 Å². The van der Waals surface area contributed by atoms with Gasteiger partial charge in [-0.3, -0.25) is 9.69 Å². The van der Waals surface area contributed by atoms with Crippen LogP contribution >= 0.6 is 22.7 Å². The van der Waals surface area contributed by atoms with Crippen molar-refractivity contribution in [2.24, 2.45) is 0 Å². The van der Waals surface area contributed by atoms with E-state index in [1.165, 1.54) is 23.3 Å². The highest BCUT2D eigenvalue weighted by atomic mass is 32.1. The summed E-state index contributed by atoms with van der Waals surface area (Å²) in [6.45, 7) is 4.21. The molecule has 1 fully saturated rings. The van der Waals surface area contributed by atoms with E-state index in [9.17, 15) is 4.79 Å². The zero-order chi connectivity index (χ0) is 21.2. The molecule has 3 aromatic rings. The number of hydrogen-bond acceptors (Lipinski definition) is 6. The molecule has 0 N–H and O–H groups in total. The Bertz CT molecular complexity index is 1050. The van der Waals surface area contributed by atoms with Gasteiger partial charge >= 0.3 is 0 Å². The van der Waals surface area contributed by atoms with Gasteiger partial charge in [-0.1, -0.05) is 0 Å². The molecule has 3 heterocycles. The molecule has 7 heteroatoms. The molecule has 162 valence electrons. The average molecular weight is 454 g/mol. The van der Waals surface area contributed by atoms with Crippen LogP contribution in [0.3, 0.4) is 0 Å². The Balaban J connectivity index is 1.17. The van der Waals surface area contributed by atoms with Crippen molar-refractivity contribution in [2.75, 3.05) is 33.3 Å². The Kier molecular flexibility index (Phi) is 6.07. The summed E-state index contributed by atoms with van der Waals surface area (Å²) in [5.74, 6) is 1.09. The quantitative estimate of drug-likeness (QED) is 0.561. The number of carbonyl (C=O) groups is 1. The third kappa shape index (κ3) is 4.40. The lowest BCUT2D eigenvalue weighted by Crippen LogP contribution is -2.48. The highest BCUT2D eigenvalue weighted by molar-refractivity contribution is 7.13. The molecule has 0 unspecified atom stereocenters. The number of nitrogens with zero attached hydrogens (tertiary/aromatic N) is 3. The van der Waals surface area contributed by atoms with E-state index in [2.05, 4.69) is 27.8 Å². The van der Waals surface area contributed by atoms with E-state index in [4.69, 9.17) is 9.72 Å². The van der Waals surface area contributed by atoms with E-state index in [1.54, 1.807) is 29.8 Å². The summed E-state index contributed by atoms with van der Waals surface area (Å²) < 4.78 is 5.24. The Morgan fingerprint density at radius 2 is 1.81 bits per heavy atom. The van der Waals surface area contributed by atoms with Gasteiger partial charge in [-0.15, -0.1) is 22.7 Å². The first kappa shape index (κ1) is 20.7. The summed E-state index contributed by atoms with van der Waals surface area (Å²) in [7, 11) is 1.68. The van der Waals surface area contributed by atoms with Crippen molar-refractivity contribution in [1.82, 2.24) is 14.8 Å². The van der Waals surface area contributed by atoms with Gasteiger partial charge in [0, 0.05) is 53.9 Å². The van der Waals surface area contributed by atoms with E-state index in [0.717, 1.165) is 73.1 Å². The summed E-state index contributed by atoms with van der Waals surface area (Å²) in [4.78, 5) is 23.8. The Hall–Kier alpha value is -2.22. The zero-order valence-electron chi connectivity index (χ0n) is 17.8. The minimum absolute atomic E-state index is 0.231. The summed E-state index contributed by atoms with van der Waals surface area (Å²) in [5.41, 5.74) is 4.52. The average Bonchev–Trinajstić information content (AvgIpc) is 3.46. The maximum Gasteiger partial charge on any atom is 0.255 e. The minimum atomic E-state index is 0.231. The molecule has 1 saturated heterocycles. The number of hydrogen-bond donors (Lipinski definition) is 0. The predicted octanol–water partition coefficient (Wildman–Crippen LogP) is 4.72. The summed E-state index contributed by atoms with van der Waals surface area (Å²) in [6, 6.07) is 8.04. The largest absolute Gasteiger partial charge is 0.497 e. The van der Waals surface area contributed by atoms with Crippen molar-refractivity contribution in [2.45, 2.75) is 32.2 Å². The number of rotatable bonds is 5. The highest BCUT2D eigenvalue weighted by Gasteiger charge is 2.27. The SMILES string of the molecule is COc1ccc(-c2nc(CN3CCN(C(=O)c4csc5c4CCCC5)CC3)cs2)cc1. The number of piperazine rings is 1. The fraction of sp³-hybridized carbons (Fsp3) is 0.417. The van der Waals surface area contributed by atoms with Crippen molar-refractivity contribution >= 4 is 28.6 Å². The van der Waals surface area contributed by atoms with Crippen molar-refractivity contribution < 1.29 is 9.53 Å². The van der Waals surface area contributed by atoms with Crippen LogP contribution in [0.1, 0.15) is 39.3 Å². The molecule has 0 bridgehead atoms. The fourth-order valence-electron chi connectivity index (χ4n) is 4.43. The third-order valence-corrected chi connectivity index (χ3v) is 8.25. The first-order chi connectivity index (χ1) is 15.2. The molecule has 31 heavy (non-hydrogen) atoms. The second-order valence-electron chi connectivity index (χ2n) is 8.20. The molecular weight excluding hydrogens is 426 g/mol. The van der Waals surface area contributed by atoms with Crippen LogP contribution in [0.2, 0.25) is 0 Å². The maximum absolute atomic E-state index is 13.1. The lowest BCUT2D eigenvalue weighted by Gasteiger charge is -2.34. The first-order valence-electron chi connectivity index (χ1n) is 10.9. The van der Waals surface area contributed by atoms with E-state index < -0.39 is 0 Å². The highest BCUT2D eigenvalue weighted by Crippen LogP contribution is 2.31. The molecule has 2 aliphatic rings. The third-order valence-electron chi connectivity index (χ3n) is 6.23. The van der Waals surface area contributed by atoms with Crippen molar-refractivity contribution in [3.05, 3.63) is 56.7 Å².